The van der Waals surface area contributed by atoms with Gasteiger partial charge in [0.2, 0.25) is 0 Å². The Hall–Kier alpha value is -3.15. The maximum atomic E-state index is 12.9. The Labute approximate surface area is 440 Å². The van der Waals surface area contributed by atoms with Crippen LogP contribution in [0.2, 0.25) is 0 Å². The van der Waals surface area contributed by atoms with E-state index in [-0.39, 0.29) is 31.1 Å². The van der Waals surface area contributed by atoms with Gasteiger partial charge in [-0.3, -0.25) is 14.4 Å². The number of carbonyl (C=O) groups excluding carboxylic acids is 3. The van der Waals surface area contributed by atoms with E-state index in [2.05, 4.69) is 69.4 Å². The summed E-state index contributed by atoms with van der Waals surface area (Å²) in [6.07, 6.45) is 76.0. The monoisotopic (exact) mass is 991 g/mol. The lowest BCUT2D eigenvalue weighted by Crippen LogP contribution is -2.30. The number of hydrogen-bond acceptors (Lipinski definition) is 6. The van der Waals surface area contributed by atoms with Crippen LogP contribution in [0.1, 0.15) is 303 Å². The van der Waals surface area contributed by atoms with E-state index >= 15 is 0 Å². The zero-order valence-electron chi connectivity index (χ0n) is 47.0. The number of rotatable bonds is 55. The van der Waals surface area contributed by atoms with Crippen LogP contribution < -0.4 is 0 Å². The molecule has 0 aromatic heterocycles. The van der Waals surface area contributed by atoms with Gasteiger partial charge in [-0.1, -0.05) is 293 Å². The molecule has 0 amide bonds. The van der Waals surface area contributed by atoms with Crippen LogP contribution in [0.15, 0.2) is 72.9 Å². The van der Waals surface area contributed by atoms with Gasteiger partial charge in [-0.2, -0.15) is 0 Å². The van der Waals surface area contributed by atoms with Crippen molar-refractivity contribution in [1.82, 2.24) is 0 Å². The first-order chi connectivity index (χ1) is 35.0. The molecule has 0 aromatic rings. The Morgan fingerprint density at radius 3 is 0.887 bits per heavy atom. The largest absolute Gasteiger partial charge is 0.462 e. The molecule has 0 spiro atoms. The molecule has 0 saturated carbocycles. The van der Waals surface area contributed by atoms with Gasteiger partial charge in [0.25, 0.3) is 0 Å². The van der Waals surface area contributed by atoms with Gasteiger partial charge in [0.15, 0.2) is 6.10 Å². The number of carbonyl (C=O) groups is 3. The second kappa shape index (κ2) is 59.4. The van der Waals surface area contributed by atoms with Crippen molar-refractivity contribution in [3.8, 4) is 0 Å². The molecule has 0 aromatic carbocycles. The summed E-state index contributed by atoms with van der Waals surface area (Å²) < 4.78 is 16.9. The van der Waals surface area contributed by atoms with Gasteiger partial charge >= 0.3 is 17.9 Å². The fourth-order valence-electron chi connectivity index (χ4n) is 8.70. The van der Waals surface area contributed by atoms with Crippen molar-refractivity contribution in [2.45, 2.75) is 309 Å². The molecule has 6 nitrogen and oxygen atoms in total. The highest BCUT2D eigenvalue weighted by Gasteiger charge is 2.19. The van der Waals surface area contributed by atoms with Crippen molar-refractivity contribution in [2.75, 3.05) is 13.2 Å². The molecule has 6 heteroatoms. The molecule has 0 bridgehead atoms. The lowest BCUT2D eigenvalue weighted by molar-refractivity contribution is -0.167. The topological polar surface area (TPSA) is 78.9 Å². The third kappa shape index (κ3) is 57.6. The van der Waals surface area contributed by atoms with Crippen LogP contribution >= 0.6 is 0 Å². The highest BCUT2D eigenvalue weighted by Crippen LogP contribution is 2.17. The summed E-state index contributed by atoms with van der Waals surface area (Å²) in [7, 11) is 0. The molecule has 0 N–H and O–H groups in total. The van der Waals surface area contributed by atoms with Crippen LogP contribution in [-0.2, 0) is 28.6 Å². The predicted molar refractivity (Wildman–Crippen MR) is 307 cm³/mol. The molecule has 0 radical (unpaired) electrons. The van der Waals surface area contributed by atoms with Crippen LogP contribution in [0.25, 0.3) is 0 Å². The number of ether oxygens (including phenoxy) is 3. The standard InChI is InChI=1S/C65H114O6/c1-4-7-10-13-16-19-22-25-28-31-33-35-37-40-43-46-49-52-55-58-64(67)70-61-62(60-69-63(66)57-54-51-48-45-42-39-36-30-27-24-21-18-15-12-9-6-3)71-65(68)59-56-53-50-47-44-41-38-34-32-29-26-23-20-17-14-11-8-5-2/h11,14,17,20,23,26,29-30,32,34,36,38,62H,4-10,12-13,15-16,18-19,21-22,24-25,27-28,31,33,35,37,39-61H2,1-3H3/b14-11-,20-17-,26-23-,32-29-,36-30-,38-34-. The van der Waals surface area contributed by atoms with Gasteiger partial charge in [-0.15, -0.1) is 0 Å². The van der Waals surface area contributed by atoms with Gasteiger partial charge in [0.1, 0.15) is 13.2 Å². The smallest absolute Gasteiger partial charge is 0.306 e. The SMILES string of the molecule is CCC\C=C/C=C\C=C/C=C\C=C/CCCCCCCC(=O)OC(COC(=O)CCCCCCC/C=C\CCCCCCCCC)COC(=O)CCCCCCCCCCCCCCCCCCCCC. The Bertz CT molecular complexity index is 1320. The van der Waals surface area contributed by atoms with Gasteiger partial charge < -0.3 is 14.2 Å². The number of allylic oxidation sites excluding steroid dienone is 12. The third-order valence-corrected chi connectivity index (χ3v) is 13.3. The molecule has 0 saturated heterocycles. The zero-order chi connectivity index (χ0) is 51.4. The van der Waals surface area contributed by atoms with E-state index in [9.17, 15) is 14.4 Å². The van der Waals surface area contributed by atoms with Crippen LogP contribution in [0.4, 0.5) is 0 Å². The van der Waals surface area contributed by atoms with E-state index in [1.54, 1.807) is 0 Å². The van der Waals surface area contributed by atoms with E-state index < -0.39 is 6.10 Å². The Morgan fingerprint density at radius 2 is 0.549 bits per heavy atom. The van der Waals surface area contributed by atoms with Crippen molar-refractivity contribution < 1.29 is 28.6 Å². The molecule has 410 valence electrons. The summed E-state index contributed by atoms with van der Waals surface area (Å²) in [6, 6.07) is 0. The first-order valence-electron chi connectivity index (χ1n) is 30.5. The molecule has 0 rings (SSSR count). The highest BCUT2D eigenvalue weighted by atomic mass is 16.6. The summed E-state index contributed by atoms with van der Waals surface area (Å²) in [5, 5.41) is 0. The fraction of sp³-hybridized carbons (Fsp3) is 0.769. The Kier molecular flexibility index (Phi) is 56.8. The minimum atomic E-state index is -0.792. The van der Waals surface area contributed by atoms with Gasteiger partial charge in [-0.05, 0) is 64.2 Å². The zero-order valence-corrected chi connectivity index (χ0v) is 47.0. The lowest BCUT2D eigenvalue weighted by atomic mass is 10.0. The molecular formula is C65H114O6. The maximum Gasteiger partial charge on any atom is 0.306 e. The van der Waals surface area contributed by atoms with Crippen molar-refractivity contribution in [2.24, 2.45) is 0 Å². The number of esters is 3. The van der Waals surface area contributed by atoms with Crippen LogP contribution in [0, 0.1) is 0 Å². The lowest BCUT2D eigenvalue weighted by Gasteiger charge is -2.18. The van der Waals surface area contributed by atoms with E-state index in [0.29, 0.717) is 19.3 Å². The van der Waals surface area contributed by atoms with Crippen molar-refractivity contribution in [3.63, 3.8) is 0 Å². The first-order valence-corrected chi connectivity index (χ1v) is 30.5. The van der Waals surface area contributed by atoms with Crippen LogP contribution in [0.3, 0.4) is 0 Å². The van der Waals surface area contributed by atoms with E-state index in [4.69, 9.17) is 14.2 Å². The molecule has 71 heavy (non-hydrogen) atoms. The third-order valence-electron chi connectivity index (χ3n) is 13.3. The van der Waals surface area contributed by atoms with Crippen molar-refractivity contribution in [3.05, 3.63) is 72.9 Å². The molecule has 1 unspecified atom stereocenters. The van der Waals surface area contributed by atoms with E-state index in [0.717, 1.165) is 89.9 Å². The molecule has 0 aliphatic heterocycles. The van der Waals surface area contributed by atoms with E-state index in [1.165, 1.54) is 173 Å². The summed E-state index contributed by atoms with van der Waals surface area (Å²) in [5.41, 5.74) is 0. The summed E-state index contributed by atoms with van der Waals surface area (Å²) in [5.74, 6) is -0.906. The van der Waals surface area contributed by atoms with Gasteiger partial charge in [0, 0.05) is 19.3 Å². The predicted octanol–water partition coefficient (Wildman–Crippen LogP) is 20.5. The fourth-order valence-corrected chi connectivity index (χ4v) is 8.70. The van der Waals surface area contributed by atoms with Gasteiger partial charge in [0.05, 0.1) is 0 Å². The molecule has 0 aliphatic carbocycles. The molecule has 1 atom stereocenters. The summed E-state index contributed by atoms with van der Waals surface area (Å²) >= 11 is 0. The Morgan fingerprint density at radius 1 is 0.282 bits per heavy atom. The average molecular weight is 992 g/mol. The number of hydrogen-bond donors (Lipinski definition) is 0. The van der Waals surface area contributed by atoms with E-state index in [1.807, 2.05) is 24.3 Å². The summed E-state index contributed by atoms with van der Waals surface area (Å²) in [6.45, 7) is 6.56. The van der Waals surface area contributed by atoms with Gasteiger partial charge in [-0.25, -0.2) is 0 Å². The van der Waals surface area contributed by atoms with Crippen molar-refractivity contribution >= 4 is 17.9 Å². The second-order valence-electron chi connectivity index (χ2n) is 20.4. The maximum absolute atomic E-state index is 12.9. The second-order valence-corrected chi connectivity index (χ2v) is 20.4. The van der Waals surface area contributed by atoms with Crippen LogP contribution in [0.5, 0.6) is 0 Å². The molecule has 0 heterocycles. The average Bonchev–Trinajstić information content (AvgIpc) is 3.37. The normalized spacial score (nSPS) is 12.5. The minimum absolute atomic E-state index is 0.0861. The number of unbranched alkanes of at least 4 members (excludes halogenated alkanes) is 36. The van der Waals surface area contributed by atoms with Crippen molar-refractivity contribution in [1.29, 1.82) is 0 Å². The quantitative estimate of drug-likeness (QED) is 0.0199. The highest BCUT2D eigenvalue weighted by molar-refractivity contribution is 5.71. The Balaban J connectivity index is 4.42. The summed E-state index contributed by atoms with van der Waals surface area (Å²) in [4.78, 5) is 38.3. The minimum Gasteiger partial charge on any atom is -0.462 e. The van der Waals surface area contributed by atoms with Crippen LogP contribution in [-0.4, -0.2) is 37.2 Å². The first kappa shape index (κ1) is 67.8. The molecule has 0 aliphatic rings. The molecule has 0 fully saturated rings. The molecular weight excluding hydrogens is 877 g/mol.